The Hall–Kier alpha value is -2.51. The van der Waals surface area contributed by atoms with Crippen LogP contribution in [0, 0.1) is 0 Å². The second-order valence-corrected chi connectivity index (χ2v) is 6.56. The zero-order valence-corrected chi connectivity index (χ0v) is 13.5. The van der Waals surface area contributed by atoms with Gasteiger partial charge in [0.05, 0.1) is 0 Å². The standard InChI is InChI=1S/C22H16S/c1-2-8-18-14-16-20-10-4-6-12-22(20)23-21-11-5-3-9-19(21)15-13-17(18)7-1/h1-16H/b15-13+,16-14+. The molecule has 1 aliphatic heterocycles. The molecule has 0 N–H and O–H groups in total. The van der Waals surface area contributed by atoms with Crippen molar-refractivity contribution in [2.24, 2.45) is 0 Å². The maximum Gasteiger partial charge on any atom is 0.0195 e. The monoisotopic (exact) mass is 312 g/mol. The van der Waals surface area contributed by atoms with Crippen molar-refractivity contribution in [1.29, 1.82) is 0 Å². The van der Waals surface area contributed by atoms with Gasteiger partial charge in [-0.3, -0.25) is 0 Å². The maximum absolute atomic E-state index is 2.21. The summed E-state index contributed by atoms with van der Waals surface area (Å²) < 4.78 is 0. The molecule has 1 heterocycles. The highest BCUT2D eigenvalue weighted by molar-refractivity contribution is 7.99. The largest absolute Gasteiger partial charge is 0.0888 e. The van der Waals surface area contributed by atoms with E-state index in [2.05, 4.69) is 97.1 Å². The summed E-state index contributed by atoms with van der Waals surface area (Å²) in [7, 11) is 0. The Morgan fingerprint density at radius 1 is 0.391 bits per heavy atom. The Labute approximate surface area is 141 Å². The zero-order valence-electron chi connectivity index (χ0n) is 12.6. The van der Waals surface area contributed by atoms with Gasteiger partial charge in [-0.25, -0.2) is 0 Å². The first-order valence-electron chi connectivity index (χ1n) is 7.71. The number of hydrogen-bond donors (Lipinski definition) is 0. The first-order valence-corrected chi connectivity index (χ1v) is 8.53. The summed E-state index contributed by atoms with van der Waals surface area (Å²) in [5.74, 6) is 0. The van der Waals surface area contributed by atoms with Crippen LogP contribution in [0.5, 0.6) is 0 Å². The van der Waals surface area contributed by atoms with Gasteiger partial charge in [0.1, 0.15) is 0 Å². The predicted molar refractivity (Wildman–Crippen MR) is 101 cm³/mol. The highest BCUT2D eigenvalue weighted by Gasteiger charge is 2.06. The Balaban J connectivity index is 1.95. The average molecular weight is 312 g/mol. The molecular weight excluding hydrogens is 296 g/mol. The van der Waals surface area contributed by atoms with E-state index in [1.54, 1.807) is 0 Å². The molecule has 23 heavy (non-hydrogen) atoms. The van der Waals surface area contributed by atoms with Crippen molar-refractivity contribution in [1.82, 2.24) is 0 Å². The molecule has 0 aromatic heterocycles. The number of hydrogen-bond acceptors (Lipinski definition) is 1. The van der Waals surface area contributed by atoms with Crippen LogP contribution in [-0.2, 0) is 0 Å². The van der Waals surface area contributed by atoms with E-state index in [1.807, 2.05) is 11.8 Å². The molecule has 0 atom stereocenters. The molecule has 4 rings (SSSR count). The van der Waals surface area contributed by atoms with Gasteiger partial charge in [-0.05, 0) is 34.4 Å². The molecule has 0 amide bonds. The predicted octanol–water partition coefficient (Wildman–Crippen LogP) is 6.49. The van der Waals surface area contributed by atoms with E-state index in [1.165, 1.54) is 32.0 Å². The quantitative estimate of drug-likeness (QED) is 0.357. The SMILES string of the molecule is C1=C/c2ccccc2Sc2ccccc2/C=C/c2ccccc2/1. The highest BCUT2D eigenvalue weighted by Crippen LogP contribution is 2.35. The molecule has 3 aromatic rings. The van der Waals surface area contributed by atoms with E-state index in [0.29, 0.717) is 0 Å². The van der Waals surface area contributed by atoms with E-state index < -0.39 is 0 Å². The Kier molecular flexibility index (Phi) is 3.87. The van der Waals surface area contributed by atoms with Crippen LogP contribution in [0.15, 0.2) is 82.6 Å². The molecule has 0 aliphatic carbocycles. The van der Waals surface area contributed by atoms with Gasteiger partial charge >= 0.3 is 0 Å². The second kappa shape index (κ2) is 6.31. The minimum absolute atomic E-state index is 1.24. The van der Waals surface area contributed by atoms with Gasteiger partial charge in [-0.2, -0.15) is 0 Å². The van der Waals surface area contributed by atoms with Crippen LogP contribution in [0.3, 0.4) is 0 Å². The molecule has 0 saturated carbocycles. The molecule has 0 saturated heterocycles. The third-order valence-corrected chi connectivity index (χ3v) is 5.12. The van der Waals surface area contributed by atoms with Gasteiger partial charge in [0.25, 0.3) is 0 Å². The van der Waals surface area contributed by atoms with Gasteiger partial charge in [0.2, 0.25) is 0 Å². The molecular formula is C22H16S. The molecule has 0 fully saturated rings. The highest BCUT2D eigenvalue weighted by atomic mass is 32.2. The lowest BCUT2D eigenvalue weighted by molar-refractivity contribution is 1.37. The Bertz CT molecular complexity index is 829. The van der Waals surface area contributed by atoms with Crippen molar-refractivity contribution in [3.8, 4) is 0 Å². The van der Waals surface area contributed by atoms with Crippen molar-refractivity contribution < 1.29 is 0 Å². The summed E-state index contributed by atoms with van der Waals surface area (Å²) in [5.41, 5.74) is 4.99. The Morgan fingerprint density at radius 2 is 0.739 bits per heavy atom. The number of fused-ring (bicyclic) bond motifs is 3. The van der Waals surface area contributed by atoms with Gasteiger partial charge in [-0.15, -0.1) is 0 Å². The average Bonchev–Trinajstić information content (AvgIpc) is 2.63. The van der Waals surface area contributed by atoms with Gasteiger partial charge in [0.15, 0.2) is 0 Å². The van der Waals surface area contributed by atoms with Crippen molar-refractivity contribution >= 4 is 36.1 Å². The molecule has 0 unspecified atom stereocenters. The minimum atomic E-state index is 1.24. The topological polar surface area (TPSA) is 0 Å². The molecule has 0 spiro atoms. The lowest BCUT2D eigenvalue weighted by atomic mass is 10.0. The van der Waals surface area contributed by atoms with Gasteiger partial charge < -0.3 is 0 Å². The van der Waals surface area contributed by atoms with Crippen LogP contribution >= 0.6 is 11.8 Å². The van der Waals surface area contributed by atoms with Gasteiger partial charge in [0, 0.05) is 9.79 Å². The maximum atomic E-state index is 2.21. The normalized spacial score (nSPS) is 15.5. The number of benzene rings is 3. The lowest BCUT2D eigenvalue weighted by Crippen LogP contribution is -1.82. The van der Waals surface area contributed by atoms with Gasteiger partial charge in [-0.1, -0.05) is 96.7 Å². The van der Waals surface area contributed by atoms with E-state index >= 15 is 0 Å². The van der Waals surface area contributed by atoms with E-state index in [9.17, 15) is 0 Å². The van der Waals surface area contributed by atoms with Crippen LogP contribution in [0.4, 0.5) is 0 Å². The summed E-state index contributed by atoms with van der Waals surface area (Å²) in [5, 5.41) is 0. The minimum Gasteiger partial charge on any atom is -0.0888 e. The first kappa shape index (κ1) is 14.1. The van der Waals surface area contributed by atoms with Crippen LogP contribution in [0.2, 0.25) is 0 Å². The smallest absolute Gasteiger partial charge is 0.0195 e. The molecule has 1 heteroatoms. The summed E-state index contributed by atoms with van der Waals surface area (Å²) in [4.78, 5) is 2.56. The third kappa shape index (κ3) is 3.01. The van der Waals surface area contributed by atoms with Crippen molar-refractivity contribution in [2.75, 3.05) is 0 Å². The molecule has 110 valence electrons. The summed E-state index contributed by atoms with van der Waals surface area (Å²) in [6.07, 6.45) is 8.83. The molecule has 0 radical (unpaired) electrons. The molecule has 0 nitrogen and oxygen atoms in total. The number of rotatable bonds is 0. The fourth-order valence-corrected chi connectivity index (χ4v) is 3.75. The van der Waals surface area contributed by atoms with Crippen LogP contribution in [0.25, 0.3) is 24.3 Å². The van der Waals surface area contributed by atoms with Crippen molar-refractivity contribution in [3.63, 3.8) is 0 Å². The molecule has 3 aromatic carbocycles. The third-order valence-electron chi connectivity index (χ3n) is 3.94. The molecule has 1 aliphatic rings. The lowest BCUT2D eigenvalue weighted by Gasteiger charge is -2.08. The fraction of sp³-hybridized carbons (Fsp3) is 0. The van der Waals surface area contributed by atoms with Crippen LogP contribution in [0.1, 0.15) is 22.3 Å². The van der Waals surface area contributed by atoms with Crippen LogP contribution < -0.4 is 0 Å². The fourth-order valence-electron chi connectivity index (χ4n) is 2.71. The second-order valence-electron chi connectivity index (χ2n) is 5.47. The summed E-state index contributed by atoms with van der Waals surface area (Å²) in [6.45, 7) is 0. The Morgan fingerprint density at radius 3 is 1.22 bits per heavy atom. The van der Waals surface area contributed by atoms with Crippen molar-refractivity contribution in [2.45, 2.75) is 9.79 Å². The van der Waals surface area contributed by atoms with E-state index in [0.717, 1.165) is 0 Å². The van der Waals surface area contributed by atoms with E-state index in [-0.39, 0.29) is 0 Å². The zero-order chi connectivity index (χ0) is 15.5. The van der Waals surface area contributed by atoms with Crippen LogP contribution in [-0.4, -0.2) is 0 Å². The van der Waals surface area contributed by atoms with E-state index in [4.69, 9.17) is 0 Å². The summed E-state index contributed by atoms with van der Waals surface area (Å²) in [6, 6.07) is 25.6. The summed E-state index contributed by atoms with van der Waals surface area (Å²) >= 11 is 1.82. The van der Waals surface area contributed by atoms with Crippen molar-refractivity contribution in [3.05, 3.63) is 95.1 Å². The molecule has 0 bridgehead atoms. The first-order chi connectivity index (χ1) is 11.4.